The van der Waals surface area contributed by atoms with E-state index < -0.39 is 0 Å². The van der Waals surface area contributed by atoms with Gasteiger partial charge in [-0.1, -0.05) is 23.9 Å². The number of aromatic amines is 1. The summed E-state index contributed by atoms with van der Waals surface area (Å²) in [6.07, 6.45) is 4.65. The minimum absolute atomic E-state index is 0.254. The molecule has 0 saturated carbocycles. The average Bonchev–Trinajstić information content (AvgIpc) is 3.37. The van der Waals surface area contributed by atoms with E-state index in [9.17, 15) is 4.79 Å². The van der Waals surface area contributed by atoms with Crippen molar-refractivity contribution in [3.8, 4) is 0 Å². The van der Waals surface area contributed by atoms with Gasteiger partial charge in [0.2, 0.25) is 5.95 Å². The molecule has 9 heteroatoms. The first-order valence-electron chi connectivity index (χ1n) is 10.0. The van der Waals surface area contributed by atoms with Crippen LogP contribution >= 0.6 is 11.8 Å². The fourth-order valence-corrected chi connectivity index (χ4v) is 3.91. The van der Waals surface area contributed by atoms with Gasteiger partial charge in [0.1, 0.15) is 16.5 Å². The number of aryl methyl sites for hydroxylation is 1. The molecule has 0 aliphatic heterocycles. The largest absolute Gasteiger partial charge is 0.309 e. The van der Waals surface area contributed by atoms with Gasteiger partial charge < -0.3 is 10.2 Å². The number of fused-ring (bicyclic) bond motifs is 1. The Morgan fingerprint density at radius 3 is 2.74 bits per heavy atom. The zero-order valence-electron chi connectivity index (χ0n) is 17.8. The second kappa shape index (κ2) is 9.32. The van der Waals surface area contributed by atoms with Crippen molar-refractivity contribution in [2.24, 2.45) is 0 Å². The van der Waals surface area contributed by atoms with Crippen LogP contribution < -0.4 is 5.32 Å². The van der Waals surface area contributed by atoms with Crippen LogP contribution in [-0.4, -0.2) is 55.9 Å². The topological polar surface area (TPSA) is 91.2 Å². The first-order chi connectivity index (χ1) is 15.0. The van der Waals surface area contributed by atoms with Gasteiger partial charge in [-0.25, -0.2) is 9.97 Å². The van der Waals surface area contributed by atoms with Crippen molar-refractivity contribution in [2.45, 2.75) is 29.7 Å². The molecule has 4 rings (SSSR count). The second-order valence-corrected chi connectivity index (χ2v) is 8.74. The van der Waals surface area contributed by atoms with E-state index in [1.54, 1.807) is 18.0 Å². The summed E-state index contributed by atoms with van der Waals surface area (Å²) in [6, 6.07) is 11.9. The van der Waals surface area contributed by atoms with Crippen molar-refractivity contribution in [1.29, 1.82) is 0 Å². The van der Waals surface area contributed by atoms with Gasteiger partial charge in [-0.05, 0) is 38.7 Å². The van der Waals surface area contributed by atoms with E-state index in [4.69, 9.17) is 4.98 Å². The molecule has 2 N–H and O–H groups in total. The van der Waals surface area contributed by atoms with Gasteiger partial charge in [-0.2, -0.15) is 5.10 Å². The maximum absolute atomic E-state index is 12.1. The summed E-state index contributed by atoms with van der Waals surface area (Å²) in [7, 11) is 3.95. The predicted octanol–water partition coefficient (Wildman–Crippen LogP) is 3.72. The van der Waals surface area contributed by atoms with Crippen LogP contribution in [0.4, 0.5) is 11.8 Å². The van der Waals surface area contributed by atoms with E-state index in [2.05, 4.69) is 20.5 Å². The van der Waals surface area contributed by atoms with Crippen LogP contribution in [0.25, 0.3) is 5.65 Å². The van der Waals surface area contributed by atoms with Crippen molar-refractivity contribution in [1.82, 2.24) is 29.5 Å². The van der Waals surface area contributed by atoms with Crippen molar-refractivity contribution < 1.29 is 4.79 Å². The predicted molar refractivity (Wildman–Crippen MR) is 122 cm³/mol. The van der Waals surface area contributed by atoms with Crippen molar-refractivity contribution in [3.63, 3.8) is 0 Å². The number of hydrogen-bond acceptors (Lipinski definition) is 7. The number of Topliss-reactive ketones (excluding diaryl/α,β-unsaturated/α-hetero) is 1. The van der Waals surface area contributed by atoms with E-state index in [0.29, 0.717) is 24.6 Å². The summed E-state index contributed by atoms with van der Waals surface area (Å²) >= 11 is 1.55. The normalized spacial score (nSPS) is 11.4. The zero-order valence-corrected chi connectivity index (χ0v) is 18.6. The molecule has 0 spiro atoms. The molecular weight excluding hydrogens is 410 g/mol. The second-order valence-electron chi connectivity index (χ2n) is 7.65. The van der Waals surface area contributed by atoms with Crippen LogP contribution in [0.3, 0.4) is 0 Å². The first kappa shape index (κ1) is 21.1. The summed E-state index contributed by atoms with van der Waals surface area (Å²) in [4.78, 5) is 24.3. The van der Waals surface area contributed by atoms with E-state index in [1.165, 1.54) is 0 Å². The molecule has 3 aromatic heterocycles. The summed E-state index contributed by atoms with van der Waals surface area (Å²) in [5.41, 5.74) is 2.80. The Labute approximate surface area is 185 Å². The highest BCUT2D eigenvalue weighted by molar-refractivity contribution is 7.99. The Bertz CT molecular complexity index is 1180. The fourth-order valence-electron chi connectivity index (χ4n) is 3.10. The molecular formula is C22H25N7OS. The Morgan fingerprint density at radius 2 is 2.03 bits per heavy atom. The number of nitrogens with one attached hydrogen (secondary N) is 2. The lowest BCUT2D eigenvalue weighted by Crippen LogP contribution is -2.17. The number of imidazole rings is 1. The monoisotopic (exact) mass is 435 g/mol. The van der Waals surface area contributed by atoms with Crippen LogP contribution in [-0.2, 0) is 11.2 Å². The number of aromatic nitrogens is 5. The number of carbonyl (C=O) groups excluding carboxylic acids is 1. The van der Waals surface area contributed by atoms with Gasteiger partial charge in [0.15, 0.2) is 5.82 Å². The lowest BCUT2D eigenvalue weighted by molar-refractivity contribution is -0.118. The highest BCUT2D eigenvalue weighted by atomic mass is 32.2. The summed E-state index contributed by atoms with van der Waals surface area (Å²) in [5, 5.41) is 11.2. The number of nitrogens with zero attached hydrogens (tertiary/aromatic N) is 5. The fraction of sp³-hybridized carbons (Fsp3) is 0.273. The molecule has 8 nitrogen and oxygen atoms in total. The number of carbonyl (C=O) groups is 1. The molecule has 160 valence electrons. The molecule has 0 saturated heterocycles. The van der Waals surface area contributed by atoms with Crippen molar-refractivity contribution in [3.05, 3.63) is 60.0 Å². The summed E-state index contributed by atoms with van der Waals surface area (Å²) in [6.45, 7) is 2.73. The Balaban J connectivity index is 1.47. The van der Waals surface area contributed by atoms with Crippen LogP contribution in [0.2, 0.25) is 0 Å². The number of H-pyrrole nitrogens is 1. The molecule has 0 amide bonds. The molecule has 0 atom stereocenters. The summed E-state index contributed by atoms with van der Waals surface area (Å²) < 4.78 is 1.89. The van der Waals surface area contributed by atoms with Gasteiger partial charge in [-0.15, -0.1) is 0 Å². The quantitative estimate of drug-likeness (QED) is 0.387. The number of ketones is 1. The number of hydrogen-bond donors (Lipinski definition) is 2. The van der Waals surface area contributed by atoms with Crippen molar-refractivity contribution in [2.75, 3.05) is 26.0 Å². The maximum Gasteiger partial charge on any atom is 0.215 e. The van der Waals surface area contributed by atoms with Crippen LogP contribution in [0.5, 0.6) is 0 Å². The number of anilines is 2. The molecule has 4 aromatic rings. The van der Waals surface area contributed by atoms with Crippen molar-refractivity contribution >= 4 is 35.0 Å². The van der Waals surface area contributed by atoms with Gasteiger partial charge in [-0.3, -0.25) is 14.3 Å². The highest BCUT2D eigenvalue weighted by Crippen LogP contribution is 2.29. The lowest BCUT2D eigenvalue weighted by atomic mass is 10.1. The summed E-state index contributed by atoms with van der Waals surface area (Å²) in [5.74, 6) is 1.60. The molecule has 3 heterocycles. The smallest absolute Gasteiger partial charge is 0.215 e. The molecule has 31 heavy (non-hydrogen) atoms. The van der Waals surface area contributed by atoms with Gasteiger partial charge in [0, 0.05) is 54.5 Å². The van der Waals surface area contributed by atoms with E-state index in [0.717, 1.165) is 33.4 Å². The van der Waals surface area contributed by atoms with E-state index in [-0.39, 0.29) is 5.78 Å². The van der Waals surface area contributed by atoms with E-state index in [1.807, 2.05) is 72.9 Å². The molecule has 1 aromatic carbocycles. The third-order valence-corrected chi connectivity index (χ3v) is 5.62. The SMILES string of the molecule is Cc1cc(Nc2nc(Sc3ccc(CC(=O)CCN(C)C)cc3)cc3nccn23)n[nH]1. The van der Waals surface area contributed by atoms with Crippen LogP contribution in [0, 0.1) is 6.92 Å². The van der Waals surface area contributed by atoms with Gasteiger partial charge >= 0.3 is 0 Å². The standard InChI is InChI=1S/C22H25N7OS/c1-15-12-19(27-26-15)24-22-25-21(14-20-23-9-11-29(20)22)31-18-6-4-16(5-7-18)13-17(30)8-10-28(2)3/h4-7,9,11-12,14H,8,10,13H2,1-3H3,(H2,24,25,26,27). The first-order valence-corrected chi connectivity index (χ1v) is 10.8. The highest BCUT2D eigenvalue weighted by Gasteiger charge is 2.10. The molecule has 0 fully saturated rings. The minimum atomic E-state index is 0.254. The molecule has 0 radical (unpaired) electrons. The third-order valence-electron chi connectivity index (χ3n) is 4.70. The van der Waals surface area contributed by atoms with E-state index >= 15 is 0 Å². The molecule has 0 aliphatic carbocycles. The zero-order chi connectivity index (χ0) is 21.8. The maximum atomic E-state index is 12.1. The molecule has 0 unspecified atom stereocenters. The lowest BCUT2D eigenvalue weighted by Gasteiger charge is -2.09. The van der Waals surface area contributed by atoms with Gasteiger partial charge in [0.05, 0.1) is 0 Å². The Kier molecular flexibility index (Phi) is 6.34. The minimum Gasteiger partial charge on any atom is -0.309 e. The molecule has 0 bridgehead atoms. The number of benzene rings is 1. The number of rotatable bonds is 9. The average molecular weight is 436 g/mol. The van der Waals surface area contributed by atoms with Gasteiger partial charge in [0.25, 0.3) is 0 Å². The Morgan fingerprint density at radius 1 is 1.23 bits per heavy atom. The third kappa shape index (κ3) is 5.50. The Hall–Kier alpha value is -3.17. The molecule has 0 aliphatic rings. The van der Waals surface area contributed by atoms with Crippen LogP contribution in [0.15, 0.2) is 58.7 Å². The van der Waals surface area contributed by atoms with Crippen LogP contribution in [0.1, 0.15) is 17.7 Å².